The Morgan fingerprint density at radius 2 is 1.75 bits per heavy atom. The van der Waals surface area contributed by atoms with E-state index in [1.807, 2.05) is 0 Å². The van der Waals surface area contributed by atoms with Crippen LogP contribution < -0.4 is 0 Å². The van der Waals surface area contributed by atoms with E-state index in [4.69, 9.17) is 4.74 Å². The lowest BCUT2D eigenvalue weighted by molar-refractivity contribution is 0.0386. The minimum absolute atomic E-state index is 0.0312. The van der Waals surface area contributed by atoms with Crippen molar-refractivity contribution in [3.05, 3.63) is 29.6 Å². The number of hydrogen-bond donors (Lipinski definition) is 0. The first kappa shape index (κ1) is 19.8. The number of benzene rings is 1. The van der Waals surface area contributed by atoms with Gasteiger partial charge in [-0.15, -0.1) is 0 Å². The van der Waals surface area contributed by atoms with Crippen LogP contribution in [0.4, 0.5) is 4.39 Å². The summed E-state index contributed by atoms with van der Waals surface area (Å²) in [5, 5.41) is 0. The molecule has 8 heteroatoms. The molecule has 154 valence electrons. The highest BCUT2D eigenvalue weighted by Gasteiger charge is 2.37. The zero-order chi connectivity index (χ0) is 19.7. The molecule has 2 aliphatic heterocycles. The number of likely N-dealkylation sites (tertiary alicyclic amines) is 1. The summed E-state index contributed by atoms with van der Waals surface area (Å²) < 4.78 is 46.9. The normalized spacial score (nSPS) is 26.7. The summed E-state index contributed by atoms with van der Waals surface area (Å²) in [6.45, 7) is 1.81. The SMILES string of the molecule is O=C(c1cc(S(=O)(=O)N2CCOCC2)ccc1F)N1CCC[C@H]2CCCC[C@H]21. The molecule has 4 rings (SSSR count). The number of sulfonamides is 1. The van der Waals surface area contributed by atoms with Gasteiger partial charge in [-0.25, -0.2) is 12.8 Å². The van der Waals surface area contributed by atoms with Gasteiger partial charge >= 0.3 is 0 Å². The molecule has 1 saturated carbocycles. The van der Waals surface area contributed by atoms with Crippen molar-refractivity contribution in [3.63, 3.8) is 0 Å². The summed E-state index contributed by atoms with van der Waals surface area (Å²) in [5.74, 6) is -0.563. The van der Waals surface area contributed by atoms with Gasteiger partial charge in [-0.1, -0.05) is 12.8 Å². The van der Waals surface area contributed by atoms with Crippen LogP contribution in [0.2, 0.25) is 0 Å². The molecule has 6 nitrogen and oxygen atoms in total. The maximum absolute atomic E-state index is 14.6. The molecule has 2 saturated heterocycles. The van der Waals surface area contributed by atoms with E-state index in [0.717, 1.165) is 38.2 Å². The molecule has 0 aromatic heterocycles. The van der Waals surface area contributed by atoms with Crippen molar-refractivity contribution in [2.75, 3.05) is 32.8 Å². The molecule has 0 spiro atoms. The number of carbonyl (C=O) groups excluding carboxylic acids is 1. The summed E-state index contributed by atoms with van der Waals surface area (Å²) in [7, 11) is -3.77. The zero-order valence-corrected chi connectivity index (χ0v) is 16.8. The van der Waals surface area contributed by atoms with Crippen LogP contribution in [0.1, 0.15) is 48.9 Å². The van der Waals surface area contributed by atoms with Crippen LogP contribution in [0, 0.1) is 11.7 Å². The van der Waals surface area contributed by atoms with E-state index in [1.165, 1.54) is 22.9 Å². The maximum Gasteiger partial charge on any atom is 0.257 e. The van der Waals surface area contributed by atoms with E-state index in [-0.39, 0.29) is 35.5 Å². The highest BCUT2D eigenvalue weighted by Crippen LogP contribution is 2.36. The van der Waals surface area contributed by atoms with Crippen molar-refractivity contribution in [3.8, 4) is 0 Å². The lowest BCUT2D eigenvalue weighted by Gasteiger charge is -2.44. The first-order valence-corrected chi connectivity index (χ1v) is 11.6. The fourth-order valence-electron chi connectivity index (χ4n) is 4.80. The Bertz CT molecular complexity index is 837. The summed E-state index contributed by atoms with van der Waals surface area (Å²) in [5.41, 5.74) is -0.138. The predicted molar refractivity (Wildman–Crippen MR) is 102 cm³/mol. The van der Waals surface area contributed by atoms with Gasteiger partial charge < -0.3 is 9.64 Å². The van der Waals surface area contributed by atoms with Crippen LogP contribution >= 0.6 is 0 Å². The van der Waals surface area contributed by atoms with Gasteiger partial charge in [-0.2, -0.15) is 4.31 Å². The van der Waals surface area contributed by atoms with Crippen molar-refractivity contribution >= 4 is 15.9 Å². The van der Waals surface area contributed by atoms with E-state index >= 15 is 0 Å². The number of ether oxygens (including phenoxy) is 1. The molecule has 28 heavy (non-hydrogen) atoms. The largest absolute Gasteiger partial charge is 0.379 e. The Kier molecular flexibility index (Phi) is 5.71. The van der Waals surface area contributed by atoms with Gasteiger partial charge in [0.2, 0.25) is 10.0 Å². The van der Waals surface area contributed by atoms with Crippen LogP contribution in [0.25, 0.3) is 0 Å². The Hall–Kier alpha value is -1.51. The molecule has 0 N–H and O–H groups in total. The molecule has 1 aliphatic carbocycles. The number of carbonyl (C=O) groups is 1. The monoisotopic (exact) mass is 410 g/mol. The number of halogens is 1. The number of piperidine rings is 1. The first-order valence-electron chi connectivity index (χ1n) is 10.2. The standard InChI is InChI=1S/C20H27FN2O4S/c21-18-8-7-16(28(25,26)22-10-12-27-13-11-22)14-17(18)20(24)23-9-3-5-15-4-1-2-6-19(15)23/h7-8,14-15,19H,1-6,9-13H2/t15-,19-/m1/s1. The van der Waals surface area contributed by atoms with Crippen LogP contribution in [0.5, 0.6) is 0 Å². The average molecular weight is 411 g/mol. The number of hydrogen-bond acceptors (Lipinski definition) is 4. The fourth-order valence-corrected chi connectivity index (χ4v) is 6.23. The predicted octanol–water partition coefficient (Wildman–Crippen LogP) is 2.64. The second kappa shape index (κ2) is 8.08. The second-order valence-corrected chi connectivity index (χ2v) is 9.85. The summed E-state index contributed by atoms with van der Waals surface area (Å²) in [6, 6.07) is 3.71. The van der Waals surface area contributed by atoms with E-state index in [1.54, 1.807) is 4.90 Å². The Balaban J connectivity index is 1.62. The van der Waals surface area contributed by atoms with E-state index in [2.05, 4.69) is 0 Å². The third-order valence-electron chi connectivity index (χ3n) is 6.28. The molecular weight excluding hydrogens is 383 g/mol. The number of morpholine rings is 1. The third-order valence-corrected chi connectivity index (χ3v) is 8.17. The molecule has 0 unspecified atom stereocenters. The van der Waals surface area contributed by atoms with Crippen LogP contribution in [-0.2, 0) is 14.8 Å². The molecule has 0 radical (unpaired) electrons. The molecule has 1 aromatic rings. The van der Waals surface area contributed by atoms with E-state index in [9.17, 15) is 17.6 Å². The lowest BCUT2D eigenvalue weighted by atomic mass is 9.78. The van der Waals surface area contributed by atoms with Gasteiger partial charge in [-0.3, -0.25) is 4.79 Å². The quantitative estimate of drug-likeness (QED) is 0.768. The van der Waals surface area contributed by atoms with Gasteiger partial charge in [-0.05, 0) is 49.8 Å². The molecule has 3 fully saturated rings. The summed E-state index contributed by atoms with van der Waals surface area (Å²) in [4.78, 5) is 14.9. The Labute approximate surface area is 165 Å². The van der Waals surface area contributed by atoms with Gasteiger partial charge in [0.1, 0.15) is 5.82 Å². The molecule has 3 aliphatic rings. The van der Waals surface area contributed by atoms with E-state index in [0.29, 0.717) is 25.7 Å². The average Bonchev–Trinajstić information content (AvgIpc) is 2.73. The summed E-state index contributed by atoms with van der Waals surface area (Å²) >= 11 is 0. The van der Waals surface area contributed by atoms with Gasteiger partial charge in [0.25, 0.3) is 5.91 Å². The second-order valence-electron chi connectivity index (χ2n) is 7.91. The fraction of sp³-hybridized carbons (Fsp3) is 0.650. The molecule has 2 atom stereocenters. The minimum Gasteiger partial charge on any atom is -0.379 e. The molecule has 0 bridgehead atoms. The van der Waals surface area contributed by atoms with Crippen molar-refractivity contribution in [1.82, 2.24) is 9.21 Å². The third kappa shape index (κ3) is 3.69. The zero-order valence-electron chi connectivity index (χ0n) is 16.0. The number of rotatable bonds is 3. The van der Waals surface area contributed by atoms with Crippen molar-refractivity contribution in [2.24, 2.45) is 5.92 Å². The first-order chi connectivity index (χ1) is 13.5. The van der Waals surface area contributed by atoms with Crippen LogP contribution in [-0.4, -0.2) is 62.4 Å². The number of fused-ring (bicyclic) bond motifs is 1. The topological polar surface area (TPSA) is 66.9 Å². The Morgan fingerprint density at radius 1 is 1.04 bits per heavy atom. The Morgan fingerprint density at radius 3 is 2.54 bits per heavy atom. The van der Waals surface area contributed by atoms with Gasteiger partial charge in [0, 0.05) is 25.7 Å². The van der Waals surface area contributed by atoms with Gasteiger partial charge in [0.15, 0.2) is 0 Å². The summed E-state index contributed by atoms with van der Waals surface area (Å²) in [6.07, 6.45) is 6.36. The highest BCUT2D eigenvalue weighted by atomic mass is 32.2. The molecule has 1 amide bonds. The smallest absolute Gasteiger partial charge is 0.257 e. The maximum atomic E-state index is 14.6. The number of nitrogens with zero attached hydrogens (tertiary/aromatic N) is 2. The lowest BCUT2D eigenvalue weighted by Crippen LogP contribution is -2.49. The molecule has 1 aromatic carbocycles. The number of amides is 1. The van der Waals surface area contributed by atoms with Crippen molar-refractivity contribution in [1.29, 1.82) is 0 Å². The van der Waals surface area contributed by atoms with Gasteiger partial charge in [0.05, 0.1) is 23.7 Å². The van der Waals surface area contributed by atoms with Crippen LogP contribution in [0.15, 0.2) is 23.1 Å². The molecular formula is C20H27FN2O4S. The van der Waals surface area contributed by atoms with Crippen LogP contribution in [0.3, 0.4) is 0 Å². The van der Waals surface area contributed by atoms with E-state index < -0.39 is 15.8 Å². The van der Waals surface area contributed by atoms with Crippen molar-refractivity contribution in [2.45, 2.75) is 49.5 Å². The molecule has 2 heterocycles. The van der Waals surface area contributed by atoms with Crippen molar-refractivity contribution < 1.29 is 22.3 Å². The minimum atomic E-state index is -3.77. The highest BCUT2D eigenvalue weighted by molar-refractivity contribution is 7.89.